The van der Waals surface area contributed by atoms with Crippen molar-refractivity contribution in [2.45, 2.75) is 77.9 Å². The van der Waals surface area contributed by atoms with E-state index >= 15 is 0 Å². The summed E-state index contributed by atoms with van der Waals surface area (Å²) in [5, 5.41) is 0. The van der Waals surface area contributed by atoms with Gasteiger partial charge in [0, 0.05) is 24.7 Å². The van der Waals surface area contributed by atoms with Gasteiger partial charge in [-0.2, -0.15) is 0 Å². The number of fused-ring (bicyclic) bond motifs is 5. The summed E-state index contributed by atoms with van der Waals surface area (Å²) in [5.74, 6) is 0.241. The molecule has 5 nitrogen and oxygen atoms in total. The Morgan fingerprint density at radius 2 is 1.70 bits per heavy atom. The summed E-state index contributed by atoms with van der Waals surface area (Å²) < 4.78 is 11.5. The van der Waals surface area contributed by atoms with Gasteiger partial charge in [0.05, 0.1) is 5.56 Å². The van der Waals surface area contributed by atoms with Gasteiger partial charge in [0.1, 0.15) is 12.2 Å². The van der Waals surface area contributed by atoms with Crippen LogP contribution < -0.4 is 0 Å². The molecule has 0 aliphatic heterocycles. The van der Waals surface area contributed by atoms with E-state index in [1.165, 1.54) is 12.5 Å². The first-order chi connectivity index (χ1) is 15.7. The molecule has 0 saturated heterocycles. The molecule has 0 spiro atoms. The van der Waals surface area contributed by atoms with E-state index in [1.807, 2.05) is 24.3 Å². The third-order valence-electron chi connectivity index (χ3n) is 9.41. The average Bonchev–Trinajstić information content (AvgIpc) is 3.11. The Hall–Kier alpha value is -2.43. The second-order valence-corrected chi connectivity index (χ2v) is 11.1. The normalized spacial score (nSPS) is 39.5. The summed E-state index contributed by atoms with van der Waals surface area (Å²) in [6, 6.07) is 9.17. The van der Waals surface area contributed by atoms with Gasteiger partial charge < -0.3 is 9.47 Å². The zero-order valence-electron chi connectivity index (χ0n) is 19.8. The SMILES string of the molecule is CC(=O)O[C@H]1CC[C@@]2(C)C(=CC(=O)[C@H]3[C@H]4CC[C@H](OC(=O)c5ccccc5)[C@@]4(C)CC[C@H]32)C1. The molecule has 3 fully saturated rings. The smallest absolute Gasteiger partial charge is 0.338 e. The molecule has 1 aromatic rings. The Morgan fingerprint density at radius 1 is 0.939 bits per heavy atom. The van der Waals surface area contributed by atoms with E-state index in [4.69, 9.17) is 9.47 Å². The topological polar surface area (TPSA) is 69.7 Å². The summed E-state index contributed by atoms with van der Waals surface area (Å²) in [7, 11) is 0. The molecule has 7 atom stereocenters. The van der Waals surface area contributed by atoms with Gasteiger partial charge in [0.15, 0.2) is 5.78 Å². The first kappa shape index (κ1) is 22.4. The molecule has 5 heteroatoms. The Bertz CT molecular complexity index is 997. The van der Waals surface area contributed by atoms with Crippen LogP contribution in [0, 0.1) is 28.6 Å². The number of rotatable bonds is 3. The van der Waals surface area contributed by atoms with E-state index in [0.29, 0.717) is 17.9 Å². The summed E-state index contributed by atoms with van der Waals surface area (Å²) >= 11 is 0. The Kier molecular flexibility index (Phi) is 5.49. The van der Waals surface area contributed by atoms with Crippen molar-refractivity contribution in [1.29, 1.82) is 0 Å². The average molecular weight is 451 g/mol. The van der Waals surface area contributed by atoms with Crippen molar-refractivity contribution in [2.75, 3.05) is 0 Å². The first-order valence-electron chi connectivity index (χ1n) is 12.4. The van der Waals surface area contributed by atoms with Crippen LogP contribution >= 0.6 is 0 Å². The van der Waals surface area contributed by atoms with Crippen LogP contribution in [-0.2, 0) is 19.1 Å². The van der Waals surface area contributed by atoms with E-state index in [9.17, 15) is 14.4 Å². The standard InChI is InChI=1S/C28H34O5/c1-17(29)32-20-11-13-27(2)19(15-20)16-23(30)25-21-9-10-24(28(21,3)14-12-22(25)27)33-26(31)18-7-5-4-6-8-18/h4-8,16,20-22,24-25H,9-15H2,1-3H3/t20-,21+,22+,24-,25-,27-,28-/m0/s1. The molecule has 1 aromatic carbocycles. The molecule has 0 radical (unpaired) electrons. The van der Waals surface area contributed by atoms with E-state index < -0.39 is 0 Å². The van der Waals surface area contributed by atoms with Crippen molar-refractivity contribution in [2.24, 2.45) is 28.6 Å². The van der Waals surface area contributed by atoms with E-state index in [-0.39, 0.29) is 52.6 Å². The fourth-order valence-electron chi connectivity index (χ4n) is 7.62. The molecule has 0 aromatic heterocycles. The number of carbonyl (C=O) groups is 3. The molecule has 0 unspecified atom stereocenters. The maximum absolute atomic E-state index is 13.5. The molecular formula is C28H34O5. The molecule has 176 valence electrons. The van der Waals surface area contributed by atoms with Gasteiger partial charge >= 0.3 is 11.9 Å². The minimum absolute atomic E-state index is 0.0109. The lowest BCUT2D eigenvalue weighted by molar-refractivity contribution is -0.149. The number of ketones is 1. The second-order valence-electron chi connectivity index (χ2n) is 11.1. The van der Waals surface area contributed by atoms with Gasteiger partial charge in [-0.15, -0.1) is 0 Å². The van der Waals surface area contributed by atoms with Crippen LogP contribution in [0.2, 0.25) is 0 Å². The molecule has 5 rings (SSSR count). The fraction of sp³-hybridized carbons (Fsp3) is 0.607. The molecule has 33 heavy (non-hydrogen) atoms. The van der Waals surface area contributed by atoms with Crippen LogP contribution in [0.1, 0.15) is 76.1 Å². The van der Waals surface area contributed by atoms with Crippen LogP contribution in [0.4, 0.5) is 0 Å². The van der Waals surface area contributed by atoms with Crippen LogP contribution in [0.25, 0.3) is 0 Å². The quantitative estimate of drug-likeness (QED) is 0.586. The molecule has 0 amide bonds. The Morgan fingerprint density at radius 3 is 2.42 bits per heavy atom. The van der Waals surface area contributed by atoms with Crippen LogP contribution in [-0.4, -0.2) is 29.9 Å². The van der Waals surface area contributed by atoms with Crippen molar-refractivity contribution in [3.8, 4) is 0 Å². The third-order valence-corrected chi connectivity index (χ3v) is 9.41. The predicted molar refractivity (Wildman–Crippen MR) is 123 cm³/mol. The van der Waals surface area contributed by atoms with E-state index in [0.717, 1.165) is 38.5 Å². The molecule has 4 aliphatic rings. The lowest BCUT2D eigenvalue weighted by atomic mass is 9.47. The van der Waals surface area contributed by atoms with Gasteiger partial charge in [-0.25, -0.2) is 4.79 Å². The van der Waals surface area contributed by atoms with Crippen LogP contribution in [0.3, 0.4) is 0 Å². The molecule has 0 bridgehead atoms. The number of ether oxygens (including phenoxy) is 2. The van der Waals surface area contributed by atoms with Gasteiger partial charge in [0.2, 0.25) is 0 Å². The van der Waals surface area contributed by atoms with E-state index in [1.54, 1.807) is 12.1 Å². The zero-order valence-corrected chi connectivity index (χ0v) is 19.8. The molecule has 3 saturated carbocycles. The van der Waals surface area contributed by atoms with Crippen molar-refractivity contribution in [3.63, 3.8) is 0 Å². The van der Waals surface area contributed by atoms with Crippen LogP contribution in [0.5, 0.6) is 0 Å². The van der Waals surface area contributed by atoms with Gasteiger partial charge in [-0.05, 0) is 74.0 Å². The zero-order chi connectivity index (χ0) is 23.4. The van der Waals surface area contributed by atoms with Gasteiger partial charge in [-0.3, -0.25) is 9.59 Å². The Balaban J connectivity index is 1.37. The minimum atomic E-state index is -0.266. The number of hydrogen-bond acceptors (Lipinski definition) is 5. The van der Waals surface area contributed by atoms with Gasteiger partial charge in [0.25, 0.3) is 0 Å². The highest BCUT2D eigenvalue weighted by Gasteiger charge is 2.62. The summed E-state index contributed by atoms with van der Waals surface area (Å²) in [4.78, 5) is 37.7. The highest BCUT2D eigenvalue weighted by molar-refractivity contribution is 5.94. The number of esters is 2. The minimum Gasteiger partial charge on any atom is -0.462 e. The summed E-state index contributed by atoms with van der Waals surface area (Å²) in [5.41, 5.74) is 1.56. The molecule has 0 N–H and O–H groups in total. The maximum Gasteiger partial charge on any atom is 0.338 e. The van der Waals surface area contributed by atoms with Crippen molar-refractivity contribution >= 4 is 17.7 Å². The number of allylic oxidation sites excluding steroid dienone is 1. The highest BCUT2D eigenvalue weighted by atomic mass is 16.5. The Labute approximate surface area is 195 Å². The molecular weight excluding hydrogens is 416 g/mol. The molecule has 4 aliphatic carbocycles. The predicted octanol–water partition coefficient (Wildman–Crippen LogP) is 5.29. The number of hydrogen-bond donors (Lipinski definition) is 0. The van der Waals surface area contributed by atoms with E-state index in [2.05, 4.69) is 13.8 Å². The highest BCUT2D eigenvalue weighted by Crippen LogP contribution is 2.64. The lowest BCUT2D eigenvalue weighted by Gasteiger charge is -2.56. The first-order valence-corrected chi connectivity index (χ1v) is 12.4. The van der Waals surface area contributed by atoms with Gasteiger partial charge in [-0.1, -0.05) is 37.6 Å². The monoisotopic (exact) mass is 450 g/mol. The van der Waals surface area contributed by atoms with Crippen molar-refractivity contribution < 1.29 is 23.9 Å². The number of benzene rings is 1. The third kappa shape index (κ3) is 3.64. The summed E-state index contributed by atoms with van der Waals surface area (Å²) in [6.07, 6.45) is 7.75. The van der Waals surface area contributed by atoms with Crippen molar-refractivity contribution in [3.05, 3.63) is 47.5 Å². The maximum atomic E-state index is 13.5. The second kappa shape index (κ2) is 8.11. The van der Waals surface area contributed by atoms with Crippen LogP contribution in [0.15, 0.2) is 42.0 Å². The van der Waals surface area contributed by atoms with Crippen molar-refractivity contribution in [1.82, 2.24) is 0 Å². The number of carbonyl (C=O) groups excluding carboxylic acids is 3. The fourth-order valence-corrected chi connectivity index (χ4v) is 7.62. The summed E-state index contributed by atoms with van der Waals surface area (Å²) in [6.45, 7) is 6.00. The lowest BCUT2D eigenvalue weighted by Crippen LogP contribution is -2.54. The molecule has 0 heterocycles. The largest absolute Gasteiger partial charge is 0.462 e.